The number of methoxy groups -OCH3 is 1. The van der Waals surface area contributed by atoms with E-state index in [1.54, 1.807) is 24.3 Å². The fourth-order valence-corrected chi connectivity index (χ4v) is 1.16. The minimum absolute atomic E-state index is 0.274. The largest absolute Gasteiger partial charge is 0.383 e. The normalized spacial score (nSPS) is 9.33. The summed E-state index contributed by atoms with van der Waals surface area (Å²) < 4.78 is 4.74. The Morgan fingerprint density at radius 2 is 1.94 bits per heavy atom. The van der Waals surface area contributed by atoms with E-state index < -0.39 is 11.8 Å². The zero-order chi connectivity index (χ0) is 13.4. The van der Waals surface area contributed by atoms with Crippen molar-refractivity contribution in [2.75, 3.05) is 25.6 Å². The molecule has 1 aromatic rings. The smallest absolute Gasteiger partial charge is 0.313 e. The van der Waals surface area contributed by atoms with Gasteiger partial charge in [-0.05, 0) is 24.3 Å². The highest BCUT2D eigenvalue weighted by molar-refractivity contribution is 6.39. The van der Waals surface area contributed by atoms with Crippen molar-refractivity contribution in [2.24, 2.45) is 0 Å². The molecule has 0 aliphatic carbocycles. The number of carbonyl (C=O) groups is 2. The quantitative estimate of drug-likeness (QED) is 0.589. The van der Waals surface area contributed by atoms with Crippen molar-refractivity contribution < 1.29 is 14.3 Å². The highest BCUT2D eigenvalue weighted by Crippen LogP contribution is 2.08. The number of nitrogens with zero attached hydrogens (tertiary/aromatic N) is 1. The number of hydrogen-bond donors (Lipinski definition) is 2. The van der Waals surface area contributed by atoms with Crippen LogP contribution in [-0.4, -0.2) is 32.1 Å². The zero-order valence-electron chi connectivity index (χ0n) is 9.90. The molecule has 0 atom stereocenters. The number of nitriles is 1. The van der Waals surface area contributed by atoms with E-state index in [0.717, 1.165) is 0 Å². The molecule has 0 unspecified atom stereocenters. The van der Waals surface area contributed by atoms with E-state index in [1.165, 1.54) is 7.11 Å². The summed E-state index contributed by atoms with van der Waals surface area (Å²) in [5.41, 5.74) is 0.943. The Labute approximate surface area is 105 Å². The van der Waals surface area contributed by atoms with E-state index in [4.69, 9.17) is 10.00 Å². The Morgan fingerprint density at radius 1 is 1.28 bits per heavy atom. The molecule has 18 heavy (non-hydrogen) atoms. The Kier molecular flexibility index (Phi) is 5.35. The molecule has 0 fully saturated rings. The van der Waals surface area contributed by atoms with Crippen LogP contribution in [0.3, 0.4) is 0 Å². The SMILES string of the molecule is COCCNC(=O)C(=O)Nc1ccc(C#N)cc1. The summed E-state index contributed by atoms with van der Waals surface area (Å²) in [6, 6.07) is 8.18. The molecule has 0 saturated heterocycles. The van der Waals surface area contributed by atoms with E-state index in [-0.39, 0.29) is 6.54 Å². The van der Waals surface area contributed by atoms with Gasteiger partial charge < -0.3 is 15.4 Å². The van der Waals surface area contributed by atoms with Crippen LogP contribution in [0.1, 0.15) is 5.56 Å². The second kappa shape index (κ2) is 7.04. The summed E-state index contributed by atoms with van der Waals surface area (Å²) in [6.07, 6.45) is 0. The van der Waals surface area contributed by atoms with Crippen LogP contribution < -0.4 is 10.6 Å². The van der Waals surface area contributed by atoms with Crippen molar-refractivity contribution in [3.63, 3.8) is 0 Å². The first-order valence-corrected chi connectivity index (χ1v) is 5.25. The molecular formula is C12H13N3O3. The molecule has 6 nitrogen and oxygen atoms in total. The van der Waals surface area contributed by atoms with Gasteiger partial charge in [0.15, 0.2) is 0 Å². The summed E-state index contributed by atoms with van der Waals surface area (Å²) in [7, 11) is 1.50. The molecule has 1 rings (SSSR count). The van der Waals surface area contributed by atoms with Crippen molar-refractivity contribution >= 4 is 17.5 Å². The van der Waals surface area contributed by atoms with Crippen LogP contribution in [-0.2, 0) is 14.3 Å². The molecule has 0 aliphatic rings. The van der Waals surface area contributed by atoms with Gasteiger partial charge in [-0.1, -0.05) is 0 Å². The molecule has 0 saturated carbocycles. The maximum atomic E-state index is 11.4. The van der Waals surface area contributed by atoms with E-state index in [1.807, 2.05) is 6.07 Å². The van der Waals surface area contributed by atoms with Crippen LogP contribution in [0, 0.1) is 11.3 Å². The average Bonchev–Trinajstić information content (AvgIpc) is 2.39. The van der Waals surface area contributed by atoms with Crippen LogP contribution in [0.4, 0.5) is 5.69 Å². The summed E-state index contributed by atoms with van der Waals surface area (Å²) in [5, 5.41) is 13.4. The van der Waals surface area contributed by atoms with E-state index >= 15 is 0 Å². The molecular weight excluding hydrogens is 234 g/mol. The van der Waals surface area contributed by atoms with Crippen LogP contribution in [0.25, 0.3) is 0 Å². The van der Waals surface area contributed by atoms with Gasteiger partial charge in [-0.3, -0.25) is 9.59 Å². The first-order valence-electron chi connectivity index (χ1n) is 5.25. The number of nitrogens with one attached hydrogen (secondary N) is 2. The standard InChI is InChI=1S/C12H13N3O3/c1-18-7-6-14-11(16)12(17)15-10-4-2-9(8-13)3-5-10/h2-5H,6-7H2,1H3,(H,14,16)(H,15,17). The Balaban J connectivity index is 2.48. The highest BCUT2D eigenvalue weighted by Gasteiger charge is 2.12. The van der Waals surface area contributed by atoms with Crippen molar-refractivity contribution in [3.05, 3.63) is 29.8 Å². The Hall–Kier alpha value is -2.39. The van der Waals surface area contributed by atoms with Gasteiger partial charge in [-0.25, -0.2) is 0 Å². The van der Waals surface area contributed by atoms with Gasteiger partial charge in [0, 0.05) is 19.3 Å². The molecule has 94 valence electrons. The number of rotatable bonds is 4. The number of benzene rings is 1. The summed E-state index contributed by atoms with van der Waals surface area (Å²) >= 11 is 0. The van der Waals surface area contributed by atoms with E-state index in [2.05, 4.69) is 10.6 Å². The lowest BCUT2D eigenvalue weighted by molar-refractivity contribution is -0.136. The number of anilines is 1. The first-order chi connectivity index (χ1) is 8.67. The molecule has 1 aromatic carbocycles. The van der Waals surface area contributed by atoms with Crippen LogP contribution in [0.5, 0.6) is 0 Å². The molecule has 0 aliphatic heterocycles. The lowest BCUT2D eigenvalue weighted by atomic mass is 10.2. The second-order valence-electron chi connectivity index (χ2n) is 3.39. The van der Waals surface area contributed by atoms with Crippen molar-refractivity contribution in [3.8, 4) is 6.07 Å². The topological polar surface area (TPSA) is 91.2 Å². The molecule has 2 N–H and O–H groups in total. The van der Waals surface area contributed by atoms with Crippen molar-refractivity contribution in [1.82, 2.24) is 5.32 Å². The third-order valence-electron chi connectivity index (χ3n) is 2.07. The van der Waals surface area contributed by atoms with E-state index in [0.29, 0.717) is 17.9 Å². The maximum Gasteiger partial charge on any atom is 0.313 e. The number of ether oxygens (including phenoxy) is 1. The molecule has 0 spiro atoms. The predicted octanol–water partition coefficient (Wildman–Crippen LogP) is 0.259. The third kappa shape index (κ3) is 4.23. The fourth-order valence-electron chi connectivity index (χ4n) is 1.16. The highest BCUT2D eigenvalue weighted by atomic mass is 16.5. The Morgan fingerprint density at radius 3 is 2.50 bits per heavy atom. The molecule has 0 bridgehead atoms. The van der Waals surface area contributed by atoms with Gasteiger partial charge in [0.25, 0.3) is 0 Å². The minimum atomic E-state index is -0.754. The second-order valence-corrected chi connectivity index (χ2v) is 3.39. The lowest BCUT2D eigenvalue weighted by Gasteiger charge is -2.05. The fraction of sp³-hybridized carbons (Fsp3) is 0.250. The molecule has 6 heteroatoms. The number of carbonyl (C=O) groups excluding carboxylic acids is 2. The summed E-state index contributed by atoms with van der Waals surface area (Å²) in [4.78, 5) is 22.7. The van der Waals surface area contributed by atoms with Crippen LogP contribution in [0.2, 0.25) is 0 Å². The number of amides is 2. The zero-order valence-corrected chi connectivity index (χ0v) is 9.90. The lowest BCUT2D eigenvalue weighted by Crippen LogP contribution is -2.37. The predicted molar refractivity (Wildman–Crippen MR) is 64.7 cm³/mol. The van der Waals surface area contributed by atoms with Gasteiger partial charge in [0.1, 0.15) is 0 Å². The maximum absolute atomic E-state index is 11.4. The summed E-state index contributed by atoms with van der Waals surface area (Å²) in [5.74, 6) is -1.48. The Bertz CT molecular complexity index is 462. The number of hydrogen-bond acceptors (Lipinski definition) is 4. The molecule has 0 radical (unpaired) electrons. The van der Waals surface area contributed by atoms with Crippen LogP contribution >= 0.6 is 0 Å². The monoisotopic (exact) mass is 247 g/mol. The van der Waals surface area contributed by atoms with Gasteiger partial charge in [-0.15, -0.1) is 0 Å². The third-order valence-corrected chi connectivity index (χ3v) is 2.07. The van der Waals surface area contributed by atoms with Gasteiger partial charge in [0.05, 0.1) is 18.2 Å². The van der Waals surface area contributed by atoms with Gasteiger partial charge >= 0.3 is 11.8 Å². The first kappa shape index (κ1) is 13.7. The molecule has 0 aromatic heterocycles. The van der Waals surface area contributed by atoms with E-state index in [9.17, 15) is 9.59 Å². The molecule has 2 amide bonds. The summed E-state index contributed by atoms with van der Waals surface area (Å²) in [6.45, 7) is 0.617. The molecule has 0 heterocycles. The van der Waals surface area contributed by atoms with Gasteiger partial charge in [0.2, 0.25) is 0 Å². The van der Waals surface area contributed by atoms with Gasteiger partial charge in [-0.2, -0.15) is 5.26 Å². The van der Waals surface area contributed by atoms with Crippen molar-refractivity contribution in [1.29, 1.82) is 5.26 Å². The average molecular weight is 247 g/mol. The minimum Gasteiger partial charge on any atom is -0.383 e. The van der Waals surface area contributed by atoms with Crippen molar-refractivity contribution in [2.45, 2.75) is 0 Å². The van der Waals surface area contributed by atoms with Crippen LogP contribution in [0.15, 0.2) is 24.3 Å².